The van der Waals surface area contributed by atoms with Gasteiger partial charge < -0.3 is 21.7 Å². The van der Waals surface area contributed by atoms with Crippen LogP contribution in [0.15, 0.2) is 42.5 Å². The van der Waals surface area contributed by atoms with Crippen molar-refractivity contribution < 1.29 is 10.2 Å². The van der Waals surface area contributed by atoms with Crippen LogP contribution in [-0.2, 0) is 0 Å². The van der Waals surface area contributed by atoms with Crippen molar-refractivity contribution in [1.82, 2.24) is 0 Å². The summed E-state index contributed by atoms with van der Waals surface area (Å²) in [5.41, 5.74) is 12.9. The van der Waals surface area contributed by atoms with E-state index in [0.29, 0.717) is 11.4 Å². The Bertz CT molecular complexity index is 460. The van der Waals surface area contributed by atoms with Crippen molar-refractivity contribution in [2.45, 2.75) is 6.92 Å². The van der Waals surface area contributed by atoms with E-state index in [1.54, 1.807) is 36.4 Å². The third kappa shape index (κ3) is 4.34. The molecule has 17 heavy (non-hydrogen) atoms. The van der Waals surface area contributed by atoms with Crippen LogP contribution in [0.25, 0.3) is 0 Å². The summed E-state index contributed by atoms with van der Waals surface area (Å²) in [6.45, 7) is 1.93. The SMILES string of the molecule is Cc1ccc(O)c(N)c1.Nc1ccc(O)cc1. The van der Waals surface area contributed by atoms with Crippen molar-refractivity contribution in [1.29, 1.82) is 0 Å². The van der Waals surface area contributed by atoms with Crippen LogP contribution in [0.4, 0.5) is 11.4 Å². The average Bonchev–Trinajstić information content (AvgIpc) is 2.29. The Hall–Kier alpha value is -2.36. The first kappa shape index (κ1) is 12.7. The van der Waals surface area contributed by atoms with Gasteiger partial charge in [-0.1, -0.05) is 6.07 Å². The molecule has 0 aliphatic carbocycles. The minimum absolute atomic E-state index is 0.153. The summed E-state index contributed by atoms with van der Waals surface area (Å²) in [6.07, 6.45) is 0. The van der Waals surface area contributed by atoms with E-state index in [4.69, 9.17) is 21.7 Å². The molecule has 0 saturated carbocycles. The number of phenols is 2. The summed E-state index contributed by atoms with van der Waals surface area (Å²) >= 11 is 0. The molecule has 2 aromatic rings. The van der Waals surface area contributed by atoms with E-state index in [-0.39, 0.29) is 11.5 Å². The van der Waals surface area contributed by atoms with Gasteiger partial charge in [0.1, 0.15) is 11.5 Å². The number of phenolic OH excluding ortho intramolecular Hbond substituents is 2. The molecule has 2 rings (SSSR count). The van der Waals surface area contributed by atoms with Gasteiger partial charge >= 0.3 is 0 Å². The van der Waals surface area contributed by atoms with Gasteiger partial charge in [-0.05, 0) is 48.9 Å². The molecule has 0 aliphatic heterocycles. The molecule has 0 atom stereocenters. The van der Waals surface area contributed by atoms with Crippen LogP contribution < -0.4 is 11.5 Å². The number of rotatable bonds is 0. The number of aryl methyl sites for hydroxylation is 1. The van der Waals surface area contributed by atoms with Crippen LogP contribution in [0.2, 0.25) is 0 Å². The zero-order valence-corrected chi connectivity index (χ0v) is 9.59. The summed E-state index contributed by atoms with van der Waals surface area (Å²) < 4.78 is 0. The zero-order valence-electron chi connectivity index (χ0n) is 9.59. The van der Waals surface area contributed by atoms with Crippen LogP contribution in [0.1, 0.15) is 5.56 Å². The smallest absolute Gasteiger partial charge is 0.138 e. The number of anilines is 2. The lowest BCUT2D eigenvalue weighted by molar-refractivity contribution is 0.475. The quantitative estimate of drug-likeness (QED) is 0.318. The first-order chi connectivity index (χ1) is 7.99. The largest absolute Gasteiger partial charge is 0.508 e. The lowest BCUT2D eigenvalue weighted by Crippen LogP contribution is -1.85. The van der Waals surface area contributed by atoms with Gasteiger partial charge in [0.2, 0.25) is 0 Å². The highest BCUT2D eigenvalue weighted by atomic mass is 16.3. The molecule has 0 fully saturated rings. The Morgan fingerprint density at radius 1 is 0.882 bits per heavy atom. The van der Waals surface area contributed by atoms with Crippen molar-refractivity contribution in [2.75, 3.05) is 11.5 Å². The molecule has 0 aliphatic rings. The van der Waals surface area contributed by atoms with Crippen molar-refractivity contribution in [3.63, 3.8) is 0 Å². The topological polar surface area (TPSA) is 92.5 Å². The summed E-state index contributed by atoms with van der Waals surface area (Å²) in [7, 11) is 0. The van der Waals surface area contributed by atoms with Gasteiger partial charge in [0.05, 0.1) is 5.69 Å². The highest BCUT2D eigenvalue weighted by Crippen LogP contribution is 2.19. The van der Waals surface area contributed by atoms with Crippen molar-refractivity contribution >= 4 is 11.4 Å². The average molecular weight is 232 g/mol. The third-order valence-corrected chi connectivity index (χ3v) is 2.08. The molecule has 0 heterocycles. The fourth-order valence-electron chi connectivity index (χ4n) is 1.15. The highest BCUT2D eigenvalue weighted by molar-refractivity contribution is 5.52. The van der Waals surface area contributed by atoms with E-state index in [1.165, 1.54) is 0 Å². The second-order valence-electron chi connectivity index (χ2n) is 3.65. The van der Waals surface area contributed by atoms with Gasteiger partial charge in [-0.3, -0.25) is 0 Å². The van der Waals surface area contributed by atoms with E-state index in [0.717, 1.165) is 5.56 Å². The maximum atomic E-state index is 8.92. The Morgan fingerprint density at radius 3 is 1.88 bits per heavy atom. The molecule has 0 unspecified atom stereocenters. The van der Waals surface area contributed by atoms with Gasteiger partial charge in [-0.2, -0.15) is 0 Å². The Kier molecular flexibility index (Phi) is 4.22. The first-order valence-corrected chi connectivity index (χ1v) is 5.08. The second-order valence-corrected chi connectivity index (χ2v) is 3.65. The number of hydrogen-bond acceptors (Lipinski definition) is 4. The third-order valence-electron chi connectivity index (χ3n) is 2.08. The molecule has 0 saturated heterocycles. The molecule has 6 N–H and O–H groups in total. The molecular weight excluding hydrogens is 216 g/mol. The number of nitrogen functional groups attached to an aromatic ring is 2. The van der Waals surface area contributed by atoms with Crippen molar-refractivity contribution in [2.24, 2.45) is 0 Å². The van der Waals surface area contributed by atoms with Crippen LogP contribution >= 0.6 is 0 Å². The van der Waals surface area contributed by atoms with Crippen molar-refractivity contribution in [3.8, 4) is 11.5 Å². The lowest BCUT2D eigenvalue weighted by atomic mass is 10.2. The summed E-state index contributed by atoms with van der Waals surface area (Å²) in [5.74, 6) is 0.403. The predicted molar refractivity (Wildman–Crippen MR) is 69.8 cm³/mol. The van der Waals surface area contributed by atoms with Crippen LogP contribution in [0.3, 0.4) is 0 Å². The van der Waals surface area contributed by atoms with Gasteiger partial charge in [-0.15, -0.1) is 0 Å². The van der Waals surface area contributed by atoms with E-state index >= 15 is 0 Å². The van der Waals surface area contributed by atoms with Crippen LogP contribution in [0.5, 0.6) is 11.5 Å². The molecule has 0 aromatic heterocycles. The van der Waals surface area contributed by atoms with Gasteiger partial charge in [0.25, 0.3) is 0 Å². The number of hydrogen-bond donors (Lipinski definition) is 4. The fraction of sp³-hybridized carbons (Fsp3) is 0.0769. The number of aromatic hydroxyl groups is 2. The second kappa shape index (κ2) is 5.65. The maximum Gasteiger partial charge on any atom is 0.138 e. The molecule has 0 amide bonds. The Balaban J connectivity index is 0.000000171. The summed E-state index contributed by atoms with van der Waals surface area (Å²) in [4.78, 5) is 0. The lowest BCUT2D eigenvalue weighted by Gasteiger charge is -1.97. The molecule has 2 aromatic carbocycles. The zero-order chi connectivity index (χ0) is 12.8. The summed E-state index contributed by atoms with van der Waals surface area (Å²) in [6, 6.07) is 11.5. The molecule has 0 radical (unpaired) electrons. The van der Waals surface area contributed by atoms with Crippen molar-refractivity contribution in [3.05, 3.63) is 48.0 Å². The summed E-state index contributed by atoms with van der Waals surface area (Å²) in [5, 5.41) is 17.6. The maximum absolute atomic E-state index is 8.92. The molecule has 90 valence electrons. The molecule has 4 nitrogen and oxygen atoms in total. The van der Waals surface area contributed by atoms with E-state index in [9.17, 15) is 0 Å². The monoisotopic (exact) mass is 232 g/mol. The molecular formula is C13H16N2O2. The number of benzene rings is 2. The first-order valence-electron chi connectivity index (χ1n) is 5.08. The van der Waals surface area contributed by atoms with Crippen LogP contribution in [-0.4, -0.2) is 10.2 Å². The molecule has 4 heteroatoms. The van der Waals surface area contributed by atoms with Gasteiger partial charge in [0, 0.05) is 5.69 Å². The highest BCUT2D eigenvalue weighted by Gasteiger charge is 1.92. The van der Waals surface area contributed by atoms with E-state index in [1.807, 2.05) is 13.0 Å². The molecule has 0 bridgehead atoms. The minimum atomic E-state index is 0.153. The molecule has 0 spiro atoms. The van der Waals surface area contributed by atoms with Gasteiger partial charge in [-0.25, -0.2) is 0 Å². The normalized spacial score (nSPS) is 9.24. The number of nitrogens with two attached hydrogens (primary N) is 2. The predicted octanol–water partition coefficient (Wildman–Crippen LogP) is 2.26. The van der Waals surface area contributed by atoms with E-state index in [2.05, 4.69) is 0 Å². The fourth-order valence-corrected chi connectivity index (χ4v) is 1.15. The minimum Gasteiger partial charge on any atom is -0.508 e. The Morgan fingerprint density at radius 2 is 1.47 bits per heavy atom. The Labute approximate surface area is 100 Å². The standard InChI is InChI=1S/C7H9NO.C6H7NO/c1-5-2-3-7(9)6(8)4-5;7-5-1-3-6(8)4-2-5/h2-4,9H,8H2,1H3;1-4,8H,7H2. The van der Waals surface area contributed by atoms with Crippen LogP contribution in [0, 0.1) is 6.92 Å². The van der Waals surface area contributed by atoms with E-state index < -0.39 is 0 Å². The van der Waals surface area contributed by atoms with Gasteiger partial charge in [0.15, 0.2) is 0 Å².